The lowest BCUT2D eigenvalue weighted by Crippen LogP contribution is -1.92. The highest BCUT2D eigenvalue weighted by molar-refractivity contribution is 6.29. The van der Waals surface area contributed by atoms with Crippen molar-refractivity contribution in [2.24, 2.45) is 0 Å². The lowest BCUT2D eigenvalue weighted by Gasteiger charge is -2.00. The fourth-order valence-corrected chi connectivity index (χ4v) is 2.02. The third kappa shape index (κ3) is 1.86. The standard InChI is InChI=1S/C10H9ClN2.C2H6/c11-10-12-8-3-1-2-4-9(8)13(10)7-5-6-7;1-2/h1-4,7H,5-6H2;1-2H3. The Balaban J connectivity index is 0.000000404. The van der Waals surface area contributed by atoms with Crippen molar-refractivity contribution in [3.05, 3.63) is 29.5 Å². The Kier molecular flexibility index (Phi) is 2.96. The Labute approximate surface area is 94.9 Å². The van der Waals surface area contributed by atoms with Gasteiger partial charge in [0.2, 0.25) is 5.28 Å². The topological polar surface area (TPSA) is 17.8 Å². The molecule has 80 valence electrons. The molecule has 1 saturated carbocycles. The molecule has 15 heavy (non-hydrogen) atoms. The molecule has 0 spiro atoms. The monoisotopic (exact) mass is 222 g/mol. The summed E-state index contributed by atoms with van der Waals surface area (Å²) in [6, 6.07) is 8.69. The number of rotatable bonds is 1. The van der Waals surface area contributed by atoms with Gasteiger partial charge in [-0.25, -0.2) is 4.98 Å². The van der Waals surface area contributed by atoms with Crippen molar-refractivity contribution in [2.45, 2.75) is 32.7 Å². The number of nitrogens with zero attached hydrogens (tertiary/aromatic N) is 2. The molecular weight excluding hydrogens is 208 g/mol. The molecule has 3 heteroatoms. The summed E-state index contributed by atoms with van der Waals surface area (Å²) in [5, 5.41) is 0.628. The summed E-state index contributed by atoms with van der Waals surface area (Å²) in [6.45, 7) is 4.00. The van der Waals surface area contributed by atoms with E-state index in [9.17, 15) is 0 Å². The predicted molar refractivity (Wildman–Crippen MR) is 64.4 cm³/mol. The third-order valence-corrected chi connectivity index (χ3v) is 2.73. The number of benzene rings is 1. The van der Waals surface area contributed by atoms with Crippen molar-refractivity contribution in [3.8, 4) is 0 Å². The van der Waals surface area contributed by atoms with Crippen molar-refractivity contribution >= 4 is 22.6 Å². The van der Waals surface area contributed by atoms with E-state index in [-0.39, 0.29) is 0 Å². The molecular formula is C12H15ClN2. The summed E-state index contributed by atoms with van der Waals surface area (Å²) in [4.78, 5) is 4.30. The van der Waals surface area contributed by atoms with Crippen LogP contribution < -0.4 is 0 Å². The first-order chi connectivity index (χ1) is 7.36. The molecule has 1 aliphatic carbocycles. The Morgan fingerprint density at radius 3 is 2.60 bits per heavy atom. The van der Waals surface area contributed by atoms with Crippen LogP contribution in [0.15, 0.2) is 24.3 Å². The molecule has 2 nitrogen and oxygen atoms in total. The van der Waals surface area contributed by atoms with Crippen molar-refractivity contribution in [2.75, 3.05) is 0 Å². The first kappa shape index (κ1) is 10.5. The Hall–Kier alpha value is -1.02. The Morgan fingerprint density at radius 2 is 1.93 bits per heavy atom. The molecule has 0 aliphatic heterocycles. The van der Waals surface area contributed by atoms with Gasteiger partial charge in [0.1, 0.15) is 0 Å². The van der Waals surface area contributed by atoms with Crippen LogP contribution in [0.25, 0.3) is 11.0 Å². The van der Waals surface area contributed by atoms with Gasteiger partial charge in [0, 0.05) is 6.04 Å². The van der Waals surface area contributed by atoms with Gasteiger partial charge in [-0.2, -0.15) is 0 Å². The summed E-state index contributed by atoms with van der Waals surface area (Å²) in [5.74, 6) is 0. The molecule has 0 N–H and O–H groups in total. The highest BCUT2D eigenvalue weighted by Crippen LogP contribution is 2.39. The maximum Gasteiger partial charge on any atom is 0.204 e. The molecule has 2 aromatic rings. The smallest absolute Gasteiger partial charge is 0.204 e. The molecule has 0 atom stereocenters. The predicted octanol–water partition coefficient (Wildman–Crippen LogP) is 4.05. The maximum absolute atomic E-state index is 6.05. The minimum atomic E-state index is 0.597. The van der Waals surface area contributed by atoms with Crippen molar-refractivity contribution in [1.29, 1.82) is 0 Å². The average molecular weight is 223 g/mol. The molecule has 1 aromatic carbocycles. The molecule has 0 bridgehead atoms. The van der Waals surface area contributed by atoms with Crippen LogP contribution in [0.3, 0.4) is 0 Å². The average Bonchev–Trinajstić information content (AvgIpc) is 3.04. The Morgan fingerprint density at radius 1 is 1.27 bits per heavy atom. The number of hydrogen-bond acceptors (Lipinski definition) is 1. The first-order valence-corrected chi connectivity index (χ1v) is 5.86. The van der Waals surface area contributed by atoms with E-state index in [0.717, 1.165) is 11.0 Å². The first-order valence-electron chi connectivity index (χ1n) is 5.49. The van der Waals surface area contributed by atoms with E-state index in [1.54, 1.807) is 0 Å². The molecule has 1 aliphatic rings. The van der Waals surface area contributed by atoms with Crippen molar-refractivity contribution in [1.82, 2.24) is 9.55 Å². The van der Waals surface area contributed by atoms with Gasteiger partial charge in [-0.1, -0.05) is 26.0 Å². The molecule has 1 fully saturated rings. The number of aromatic nitrogens is 2. The molecule has 0 unspecified atom stereocenters. The van der Waals surface area contributed by atoms with Crippen LogP contribution in [-0.4, -0.2) is 9.55 Å². The number of hydrogen-bond donors (Lipinski definition) is 0. The summed E-state index contributed by atoms with van der Waals surface area (Å²) in [6.07, 6.45) is 2.47. The fourth-order valence-electron chi connectivity index (χ4n) is 1.70. The van der Waals surface area contributed by atoms with Gasteiger partial charge in [0.25, 0.3) is 0 Å². The van der Waals surface area contributed by atoms with Gasteiger partial charge < -0.3 is 4.57 Å². The lowest BCUT2D eigenvalue weighted by molar-refractivity contribution is 0.767. The zero-order chi connectivity index (χ0) is 10.8. The van der Waals surface area contributed by atoms with Crippen LogP contribution >= 0.6 is 11.6 Å². The molecule has 0 saturated heterocycles. The molecule has 0 amide bonds. The highest BCUT2D eigenvalue weighted by Gasteiger charge is 2.27. The van der Waals surface area contributed by atoms with Gasteiger partial charge in [-0.05, 0) is 36.6 Å². The Bertz CT molecular complexity index is 458. The number of para-hydroxylation sites is 2. The number of fused-ring (bicyclic) bond motifs is 1. The summed E-state index contributed by atoms with van der Waals surface area (Å²) < 4.78 is 2.14. The zero-order valence-electron chi connectivity index (χ0n) is 9.07. The van der Waals surface area contributed by atoms with E-state index >= 15 is 0 Å². The van der Waals surface area contributed by atoms with E-state index in [1.165, 1.54) is 12.8 Å². The van der Waals surface area contributed by atoms with Crippen molar-refractivity contribution in [3.63, 3.8) is 0 Å². The molecule has 1 aromatic heterocycles. The zero-order valence-corrected chi connectivity index (χ0v) is 9.83. The quantitative estimate of drug-likeness (QED) is 0.712. The van der Waals surface area contributed by atoms with E-state index in [4.69, 9.17) is 11.6 Å². The van der Waals surface area contributed by atoms with E-state index in [2.05, 4.69) is 15.6 Å². The summed E-state index contributed by atoms with van der Waals surface area (Å²) in [7, 11) is 0. The maximum atomic E-state index is 6.05. The highest BCUT2D eigenvalue weighted by atomic mass is 35.5. The SMILES string of the molecule is CC.Clc1nc2ccccc2n1C1CC1. The minimum Gasteiger partial charge on any atom is -0.312 e. The molecule has 3 rings (SSSR count). The lowest BCUT2D eigenvalue weighted by atomic mass is 10.3. The van der Waals surface area contributed by atoms with Crippen LogP contribution in [0.4, 0.5) is 0 Å². The van der Waals surface area contributed by atoms with Gasteiger partial charge in [-0.3, -0.25) is 0 Å². The second-order valence-corrected chi connectivity index (χ2v) is 3.81. The minimum absolute atomic E-state index is 0.597. The largest absolute Gasteiger partial charge is 0.312 e. The van der Waals surface area contributed by atoms with Gasteiger partial charge >= 0.3 is 0 Å². The second-order valence-electron chi connectivity index (χ2n) is 3.47. The third-order valence-electron chi connectivity index (χ3n) is 2.46. The van der Waals surface area contributed by atoms with Crippen LogP contribution in [0.2, 0.25) is 5.28 Å². The summed E-state index contributed by atoms with van der Waals surface area (Å²) in [5.41, 5.74) is 2.16. The van der Waals surface area contributed by atoms with Crippen LogP contribution in [0.1, 0.15) is 32.7 Å². The fraction of sp³-hybridized carbons (Fsp3) is 0.417. The normalized spacial score (nSPS) is 14.9. The van der Waals surface area contributed by atoms with E-state index < -0.39 is 0 Å². The van der Waals surface area contributed by atoms with E-state index in [1.807, 2.05) is 32.0 Å². The number of halogens is 1. The summed E-state index contributed by atoms with van der Waals surface area (Å²) >= 11 is 6.05. The number of imidazole rings is 1. The van der Waals surface area contributed by atoms with E-state index in [0.29, 0.717) is 11.3 Å². The molecule has 0 radical (unpaired) electrons. The van der Waals surface area contributed by atoms with Gasteiger partial charge in [0.15, 0.2) is 0 Å². The van der Waals surface area contributed by atoms with Crippen molar-refractivity contribution < 1.29 is 0 Å². The van der Waals surface area contributed by atoms with Crippen LogP contribution in [-0.2, 0) is 0 Å². The second kappa shape index (κ2) is 4.23. The molecule has 1 heterocycles. The van der Waals surface area contributed by atoms with Crippen LogP contribution in [0.5, 0.6) is 0 Å². The van der Waals surface area contributed by atoms with Gasteiger partial charge in [-0.15, -0.1) is 0 Å². The van der Waals surface area contributed by atoms with Gasteiger partial charge in [0.05, 0.1) is 11.0 Å². The van der Waals surface area contributed by atoms with Crippen LogP contribution in [0, 0.1) is 0 Å².